The Morgan fingerprint density at radius 2 is 1.89 bits per heavy atom. The van der Waals surface area contributed by atoms with E-state index in [1.54, 1.807) is 0 Å². The number of rotatable bonds is 5. The number of ether oxygens (including phenoxy) is 1. The summed E-state index contributed by atoms with van der Waals surface area (Å²) in [7, 11) is 0. The molecule has 0 atom stereocenters. The van der Waals surface area contributed by atoms with Gasteiger partial charge in [0.05, 0.1) is 12.2 Å². The molecule has 1 aliphatic heterocycles. The van der Waals surface area contributed by atoms with Gasteiger partial charge >= 0.3 is 0 Å². The van der Waals surface area contributed by atoms with Crippen molar-refractivity contribution >= 4 is 0 Å². The van der Waals surface area contributed by atoms with Crippen LogP contribution in [0, 0.1) is 0 Å². The second-order valence-electron chi connectivity index (χ2n) is 4.94. The topological polar surface area (TPSA) is 32.7 Å². The van der Waals surface area contributed by atoms with E-state index in [1.807, 2.05) is 37.3 Å². The number of aliphatic hydroxyl groups is 1. The van der Waals surface area contributed by atoms with Crippen LogP contribution in [0.4, 0.5) is 0 Å². The summed E-state index contributed by atoms with van der Waals surface area (Å²) in [5.41, 5.74) is 0.415. The van der Waals surface area contributed by atoms with Crippen molar-refractivity contribution in [2.24, 2.45) is 0 Å². The number of hydrogen-bond acceptors (Lipinski definition) is 3. The van der Waals surface area contributed by atoms with Crippen molar-refractivity contribution in [3.8, 4) is 0 Å². The largest absolute Gasteiger partial charge is 0.385 e. The minimum atomic E-state index is -0.636. The van der Waals surface area contributed by atoms with Gasteiger partial charge in [-0.2, -0.15) is 0 Å². The van der Waals surface area contributed by atoms with Crippen LogP contribution in [0.15, 0.2) is 30.3 Å². The molecule has 1 fully saturated rings. The highest BCUT2D eigenvalue weighted by molar-refractivity contribution is 5.22. The molecule has 3 heteroatoms. The Kier molecular flexibility index (Phi) is 4.75. The zero-order valence-corrected chi connectivity index (χ0v) is 11.1. The molecule has 100 valence electrons. The molecule has 1 saturated heterocycles. The maximum Gasteiger partial charge on any atom is 0.0920 e. The molecule has 0 unspecified atom stereocenters. The van der Waals surface area contributed by atoms with Gasteiger partial charge in [-0.3, -0.25) is 0 Å². The fourth-order valence-electron chi connectivity index (χ4n) is 2.52. The number of likely N-dealkylation sites (tertiary alicyclic amines) is 1. The monoisotopic (exact) mass is 249 g/mol. The molecule has 1 N–H and O–H groups in total. The molecule has 0 aliphatic carbocycles. The lowest BCUT2D eigenvalue weighted by molar-refractivity contribution is -0.0308. The molecule has 0 bridgehead atoms. The SMILES string of the molecule is CCOCCN1CCC(O)(c2ccccc2)CC1. The summed E-state index contributed by atoms with van der Waals surface area (Å²) >= 11 is 0. The lowest BCUT2D eigenvalue weighted by Crippen LogP contribution is -2.43. The average molecular weight is 249 g/mol. The fourth-order valence-corrected chi connectivity index (χ4v) is 2.52. The molecule has 0 amide bonds. The van der Waals surface area contributed by atoms with Crippen molar-refractivity contribution in [1.29, 1.82) is 0 Å². The maximum atomic E-state index is 10.7. The Labute approximate surface area is 109 Å². The Hall–Kier alpha value is -0.900. The summed E-state index contributed by atoms with van der Waals surface area (Å²) < 4.78 is 5.37. The number of hydrogen-bond donors (Lipinski definition) is 1. The van der Waals surface area contributed by atoms with E-state index in [0.717, 1.165) is 51.3 Å². The van der Waals surface area contributed by atoms with E-state index in [1.165, 1.54) is 0 Å². The molecule has 1 aromatic rings. The smallest absolute Gasteiger partial charge is 0.0920 e. The summed E-state index contributed by atoms with van der Waals surface area (Å²) in [6, 6.07) is 10.0. The van der Waals surface area contributed by atoms with Crippen molar-refractivity contribution < 1.29 is 9.84 Å². The van der Waals surface area contributed by atoms with Crippen molar-refractivity contribution in [2.45, 2.75) is 25.4 Å². The Bertz CT molecular complexity index is 345. The molecule has 18 heavy (non-hydrogen) atoms. The molecular formula is C15H23NO2. The third-order valence-corrected chi connectivity index (χ3v) is 3.75. The van der Waals surface area contributed by atoms with E-state index in [0.29, 0.717) is 0 Å². The normalized spacial score (nSPS) is 19.9. The van der Waals surface area contributed by atoms with Crippen molar-refractivity contribution in [2.75, 3.05) is 32.8 Å². The highest BCUT2D eigenvalue weighted by atomic mass is 16.5. The van der Waals surface area contributed by atoms with Gasteiger partial charge in [0.15, 0.2) is 0 Å². The molecular weight excluding hydrogens is 226 g/mol. The summed E-state index contributed by atoms with van der Waals surface area (Å²) in [5, 5.41) is 10.7. The van der Waals surface area contributed by atoms with Gasteiger partial charge < -0.3 is 14.7 Å². The first-order chi connectivity index (χ1) is 8.74. The molecule has 1 heterocycles. The van der Waals surface area contributed by atoms with Gasteiger partial charge in [-0.1, -0.05) is 30.3 Å². The predicted molar refractivity (Wildman–Crippen MR) is 72.5 cm³/mol. The van der Waals surface area contributed by atoms with Crippen LogP contribution in [-0.4, -0.2) is 42.9 Å². The zero-order valence-electron chi connectivity index (χ0n) is 11.1. The molecule has 0 saturated carbocycles. The van der Waals surface area contributed by atoms with Gasteiger partial charge in [-0.25, -0.2) is 0 Å². The molecule has 0 spiro atoms. The van der Waals surface area contributed by atoms with E-state index >= 15 is 0 Å². The average Bonchev–Trinajstić information content (AvgIpc) is 2.42. The Morgan fingerprint density at radius 1 is 1.22 bits per heavy atom. The van der Waals surface area contributed by atoms with Gasteiger partial charge in [0.2, 0.25) is 0 Å². The van der Waals surface area contributed by atoms with Crippen LogP contribution in [0.5, 0.6) is 0 Å². The van der Waals surface area contributed by atoms with E-state index < -0.39 is 5.60 Å². The van der Waals surface area contributed by atoms with Gasteiger partial charge in [0.25, 0.3) is 0 Å². The maximum absolute atomic E-state index is 10.7. The van der Waals surface area contributed by atoms with Gasteiger partial charge in [0, 0.05) is 26.2 Å². The van der Waals surface area contributed by atoms with Crippen molar-refractivity contribution in [1.82, 2.24) is 4.90 Å². The van der Waals surface area contributed by atoms with E-state index in [9.17, 15) is 5.11 Å². The minimum Gasteiger partial charge on any atom is -0.385 e. The quantitative estimate of drug-likeness (QED) is 0.810. The highest BCUT2D eigenvalue weighted by Gasteiger charge is 2.33. The zero-order chi connectivity index (χ0) is 12.8. The molecule has 0 aromatic heterocycles. The molecule has 1 aliphatic rings. The summed E-state index contributed by atoms with van der Waals surface area (Å²) in [5.74, 6) is 0. The van der Waals surface area contributed by atoms with E-state index in [4.69, 9.17) is 4.74 Å². The summed E-state index contributed by atoms with van der Waals surface area (Å²) in [6.45, 7) is 6.45. The lowest BCUT2D eigenvalue weighted by Gasteiger charge is -2.38. The van der Waals surface area contributed by atoms with Gasteiger partial charge in [-0.15, -0.1) is 0 Å². The van der Waals surface area contributed by atoms with Gasteiger partial charge in [-0.05, 0) is 25.3 Å². The lowest BCUT2D eigenvalue weighted by atomic mass is 9.84. The second kappa shape index (κ2) is 6.32. The number of nitrogens with zero attached hydrogens (tertiary/aromatic N) is 1. The van der Waals surface area contributed by atoms with Gasteiger partial charge in [0.1, 0.15) is 0 Å². The third kappa shape index (κ3) is 3.31. The van der Waals surface area contributed by atoms with Crippen LogP contribution in [-0.2, 0) is 10.3 Å². The summed E-state index contributed by atoms with van der Waals surface area (Å²) in [6.07, 6.45) is 1.62. The minimum absolute atomic E-state index is 0.636. The molecule has 0 radical (unpaired) electrons. The third-order valence-electron chi connectivity index (χ3n) is 3.75. The first kappa shape index (κ1) is 13.5. The first-order valence-corrected chi connectivity index (χ1v) is 6.82. The first-order valence-electron chi connectivity index (χ1n) is 6.82. The van der Waals surface area contributed by atoms with Crippen LogP contribution in [0.3, 0.4) is 0 Å². The summed E-state index contributed by atoms with van der Waals surface area (Å²) in [4.78, 5) is 2.37. The van der Waals surface area contributed by atoms with Crippen LogP contribution in [0.1, 0.15) is 25.3 Å². The molecule has 2 rings (SSSR count). The van der Waals surface area contributed by atoms with Crippen molar-refractivity contribution in [3.05, 3.63) is 35.9 Å². The van der Waals surface area contributed by atoms with Crippen LogP contribution < -0.4 is 0 Å². The van der Waals surface area contributed by atoms with Crippen LogP contribution in [0.25, 0.3) is 0 Å². The Balaban J connectivity index is 1.86. The molecule has 1 aromatic carbocycles. The number of piperidine rings is 1. The van der Waals surface area contributed by atoms with E-state index in [-0.39, 0.29) is 0 Å². The van der Waals surface area contributed by atoms with Crippen LogP contribution in [0.2, 0.25) is 0 Å². The second-order valence-corrected chi connectivity index (χ2v) is 4.94. The fraction of sp³-hybridized carbons (Fsp3) is 0.600. The van der Waals surface area contributed by atoms with E-state index in [2.05, 4.69) is 4.90 Å². The number of benzene rings is 1. The predicted octanol–water partition coefficient (Wildman–Crippen LogP) is 2.01. The van der Waals surface area contributed by atoms with Crippen molar-refractivity contribution in [3.63, 3.8) is 0 Å². The standard InChI is InChI=1S/C15H23NO2/c1-2-18-13-12-16-10-8-15(17,9-11-16)14-6-4-3-5-7-14/h3-7,17H,2,8-13H2,1H3. The molecule has 3 nitrogen and oxygen atoms in total. The Morgan fingerprint density at radius 3 is 2.50 bits per heavy atom. The highest BCUT2D eigenvalue weighted by Crippen LogP contribution is 2.32. The van der Waals surface area contributed by atoms with Crippen LogP contribution >= 0.6 is 0 Å².